The van der Waals surface area contributed by atoms with E-state index in [2.05, 4.69) is 87.1 Å². The smallest absolute Gasteiger partial charge is 0.216 e. The molecule has 0 unspecified atom stereocenters. The van der Waals surface area contributed by atoms with Crippen LogP contribution >= 0.6 is 0 Å². The maximum absolute atomic E-state index is 10.0. The van der Waals surface area contributed by atoms with Crippen LogP contribution in [0.4, 0.5) is 0 Å². The minimum absolute atomic E-state index is 0.644. The Morgan fingerprint density at radius 3 is 2.17 bits per heavy atom. The highest BCUT2D eigenvalue weighted by atomic mass is 16.3. The fourth-order valence-corrected chi connectivity index (χ4v) is 6.01. The van der Waals surface area contributed by atoms with Gasteiger partial charge in [-0.2, -0.15) is 5.26 Å². The number of fused-ring (bicyclic) bond motifs is 3. The van der Waals surface area contributed by atoms with Crippen LogP contribution in [0.5, 0.6) is 0 Å². The molecule has 0 N–H and O–H groups in total. The molecular formula is C33H31N2O+. The number of rotatable bonds is 3. The molecule has 1 aliphatic rings. The summed E-state index contributed by atoms with van der Waals surface area (Å²) in [5.74, 6) is 0.667. The fourth-order valence-electron chi connectivity index (χ4n) is 6.01. The fraction of sp³-hybridized carbons (Fsp3) is 0.273. The molecular weight excluding hydrogens is 440 g/mol. The van der Waals surface area contributed by atoms with Gasteiger partial charge in [0.05, 0.1) is 17.2 Å². The average molecular weight is 472 g/mol. The van der Waals surface area contributed by atoms with Gasteiger partial charge in [-0.3, -0.25) is 0 Å². The summed E-state index contributed by atoms with van der Waals surface area (Å²) < 4.78 is 8.92. The van der Waals surface area contributed by atoms with E-state index in [1.54, 1.807) is 0 Å². The van der Waals surface area contributed by atoms with Crippen molar-refractivity contribution in [2.45, 2.75) is 52.4 Å². The average Bonchev–Trinajstić information content (AvgIpc) is 3.54. The van der Waals surface area contributed by atoms with Crippen LogP contribution in [0, 0.1) is 32.1 Å². The van der Waals surface area contributed by atoms with E-state index in [1.165, 1.54) is 47.9 Å². The lowest BCUT2D eigenvalue weighted by Gasteiger charge is -2.11. The zero-order valence-electron chi connectivity index (χ0n) is 21.5. The third kappa shape index (κ3) is 3.52. The summed E-state index contributed by atoms with van der Waals surface area (Å²) in [6.45, 7) is 6.43. The maximum Gasteiger partial charge on any atom is 0.216 e. The standard InChI is InChI=1S/C33H31N2O/c1-20-9-15-27-28-16-14-26(18-34)31(25-12-10-24(11-13-25)23-7-5-6-8-23)33(28)36-32(27)30(20)29-17-21(2)22(3)19-35(29)4/h9-17,19,23H,5-8H2,1-4H3/q+1. The summed E-state index contributed by atoms with van der Waals surface area (Å²) >= 11 is 0. The highest BCUT2D eigenvalue weighted by Gasteiger charge is 2.24. The highest BCUT2D eigenvalue weighted by molar-refractivity contribution is 6.14. The first-order valence-corrected chi connectivity index (χ1v) is 12.9. The summed E-state index contributed by atoms with van der Waals surface area (Å²) in [7, 11) is 2.09. The Morgan fingerprint density at radius 1 is 0.806 bits per heavy atom. The van der Waals surface area contributed by atoms with Crippen molar-refractivity contribution in [2.75, 3.05) is 0 Å². The topological polar surface area (TPSA) is 40.8 Å². The molecule has 0 saturated heterocycles. The summed E-state index contributed by atoms with van der Waals surface area (Å²) in [6, 6.07) is 21.8. The maximum atomic E-state index is 10.0. The SMILES string of the molecule is Cc1cc(-c2c(C)ccc3c2oc2c(-c4ccc(C5CCCC5)cc4)c(C#N)ccc23)[n+](C)cc1C. The molecule has 178 valence electrons. The number of hydrogen-bond acceptors (Lipinski definition) is 2. The van der Waals surface area contributed by atoms with Crippen LogP contribution < -0.4 is 4.57 Å². The van der Waals surface area contributed by atoms with Crippen molar-refractivity contribution in [1.82, 2.24) is 0 Å². The minimum Gasteiger partial charge on any atom is -0.454 e. The molecule has 2 aromatic heterocycles. The monoisotopic (exact) mass is 471 g/mol. The van der Waals surface area contributed by atoms with Gasteiger partial charge in [-0.05, 0) is 73.9 Å². The lowest BCUT2D eigenvalue weighted by atomic mass is 9.92. The summed E-state index contributed by atoms with van der Waals surface area (Å²) in [5.41, 5.74) is 11.6. The Morgan fingerprint density at radius 2 is 1.47 bits per heavy atom. The Bertz CT molecular complexity index is 1680. The summed E-state index contributed by atoms with van der Waals surface area (Å²) in [5, 5.41) is 12.1. The van der Waals surface area contributed by atoms with Gasteiger partial charge < -0.3 is 4.42 Å². The van der Waals surface area contributed by atoms with E-state index in [-0.39, 0.29) is 0 Å². The Labute approximate surface area is 212 Å². The van der Waals surface area contributed by atoms with Gasteiger partial charge in [0.1, 0.15) is 18.2 Å². The molecule has 0 radical (unpaired) electrons. The van der Waals surface area contributed by atoms with Crippen LogP contribution in [0.25, 0.3) is 44.3 Å². The Hall–Kier alpha value is -3.90. The van der Waals surface area contributed by atoms with Gasteiger partial charge in [0.2, 0.25) is 5.69 Å². The van der Waals surface area contributed by atoms with Crippen molar-refractivity contribution in [3.8, 4) is 28.5 Å². The van der Waals surface area contributed by atoms with Gasteiger partial charge in [-0.1, -0.05) is 49.2 Å². The number of nitrogens with zero attached hydrogens (tertiary/aromatic N) is 2. The number of aromatic nitrogens is 1. The lowest BCUT2D eigenvalue weighted by molar-refractivity contribution is -0.660. The third-order valence-electron chi connectivity index (χ3n) is 8.16. The van der Waals surface area contributed by atoms with E-state index >= 15 is 0 Å². The van der Waals surface area contributed by atoms with Gasteiger partial charge in [-0.25, -0.2) is 4.57 Å². The predicted molar refractivity (Wildman–Crippen MR) is 146 cm³/mol. The van der Waals surface area contributed by atoms with E-state index in [0.717, 1.165) is 44.3 Å². The summed E-state index contributed by atoms with van der Waals surface area (Å²) in [4.78, 5) is 0. The van der Waals surface area contributed by atoms with E-state index in [1.807, 2.05) is 12.1 Å². The first kappa shape index (κ1) is 22.6. The quantitative estimate of drug-likeness (QED) is 0.249. The third-order valence-corrected chi connectivity index (χ3v) is 8.16. The van der Waals surface area contributed by atoms with E-state index in [9.17, 15) is 5.26 Å². The normalized spacial score (nSPS) is 14.1. The minimum atomic E-state index is 0.644. The lowest BCUT2D eigenvalue weighted by Crippen LogP contribution is -2.31. The number of benzene rings is 3. The summed E-state index contributed by atoms with van der Waals surface area (Å²) in [6.07, 6.45) is 7.38. The van der Waals surface area contributed by atoms with Crippen LogP contribution in [0.1, 0.15) is 59.4 Å². The largest absolute Gasteiger partial charge is 0.454 e. The molecule has 2 heterocycles. The second-order valence-corrected chi connectivity index (χ2v) is 10.5. The van der Waals surface area contributed by atoms with Crippen molar-refractivity contribution in [3.63, 3.8) is 0 Å². The molecule has 0 amide bonds. The van der Waals surface area contributed by atoms with Crippen molar-refractivity contribution in [2.24, 2.45) is 7.05 Å². The van der Waals surface area contributed by atoms with E-state index in [4.69, 9.17) is 4.42 Å². The van der Waals surface area contributed by atoms with Crippen molar-refractivity contribution in [3.05, 3.63) is 88.6 Å². The number of hydrogen-bond donors (Lipinski definition) is 0. The molecule has 6 rings (SSSR count). The molecule has 3 heteroatoms. The molecule has 3 aromatic carbocycles. The van der Waals surface area contributed by atoms with E-state index < -0.39 is 0 Å². The van der Waals surface area contributed by atoms with Gasteiger partial charge >= 0.3 is 0 Å². The van der Waals surface area contributed by atoms with Crippen LogP contribution in [0.2, 0.25) is 0 Å². The number of furan rings is 1. The molecule has 0 aliphatic heterocycles. The second-order valence-electron chi connectivity index (χ2n) is 10.5. The molecule has 1 aliphatic carbocycles. The van der Waals surface area contributed by atoms with Crippen LogP contribution in [-0.2, 0) is 7.05 Å². The molecule has 5 aromatic rings. The van der Waals surface area contributed by atoms with Crippen LogP contribution in [0.15, 0.2) is 65.2 Å². The number of nitriles is 1. The molecule has 36 heavy (non-hydrogen) atoms. The Kier molecular flexibility index (Phi) is 5.41. The second kappa shape index (κ2) is 8.64. The van der Waals surface area contributed by atoms with Gasteiger partial charge in [-0.15, -0.1) is 0 Å². The molecule has 1 saturated carbocycles. The van der Waals surface area contributed by atoms with Gasteiger partial charge in [0.15, 0.2) is 6.20 Å². The van der Waals surface area contributed by atoms with Crippen LogP contribution in [0.3, 0.4) is 0 Å². The molecule has 0 atom stereocenters. The Balaban J connectivity index is 1.60. The first-order valence-electron chi connectivity index (χ1n) is 12.9. The van der Waals surface area contributed by atoms with Crippen molar-refractivity contribution in [1.29, 1.82) is 5.26 Å². The zero-order valence-corrected chi connectivity index (χ0v) is 21.5. The van der Waals surface area contributed by atoms with Crippen LogP contribution in [-0.4, -0.2) is 0 Å². The van der Waals surface area contributed by atoms with Crippen molar-refractivity contribution >= 4 is 21.9 Å². The molecule has 3 nitrogen and oxygen atoms in total. The number of pyridine rings is 1. The van der Waals surface area contributed by atoms with Gasteiger partial charge in [0.25, 0.3) is 0 Å². The molecule has 0 spiro atoms. The van der Waals surface area contributed by atoms with E-state index in [0.29, 0.717) is 11.5 Å². The zero-order chi connectivity index (χ0) is 25.0. The first-order chi connectivity index (χ1) is 17.5. The van der Waals surface area contributed by atoms with Gasteiger partial charge in [0, 0.05) is 28.0 Å². The molecule has 1 fully saturated rings. The predicted octanol–water partition coefficient (Wildman–Crippen LogP) is 8.20. The number of aryl methyl sites for hydroxylation is 4. The molecule has 0 bridgehead atoms. The van der Waals surface area contributed by atoms with Crippen molar-refractivity contribution < 1.29 is 8.98 Å². The highest BCUT2D eigenvalue weighted by Crippen LogP contribution is 2.42.